The van der Waals surface area contributed by atoms with Crippen molar-refractivity contribution in [2.24, 2.45) is 5.92 Å². The van der Waals surface area contributed by atoms with E-state index < -0.39 is 12.0 Å². The predicted octanol–water partition coefficient (Wildman–Crippen LogP) is 5.42. The van der Waals surface area contributed by atoms with Gasteiger partial charge in [-0.2, -0.15) is 0 Å². The summed E-state index contributed by atoms with van der Waals surface area (Å²) in [6.07, 6.45) is 1.20. The molecule has 1 N–H and O–H groups in total. The molecule has 3 heteroatoms. The van der Waals surface area contributed by atoms with Crippen LogP contribution in [0.4, 0.5) is 0 Å². The van der Waals surface area contributed by atoms with E-state index >= 15 is 0 Å². The number of aliphatic hydroxyl groups is 1. The minimum Gasteiger partial charge on any atom is -0.392 e. The van der Waals surface area contributed by atoms with E-state index in [1.165, 1.54) is 0 Å². The third kappa shape index (κ3) is 5.76. The second kappa shape index (κ2) is 11.2. The summed E-state index contributed by atoms with van der Waals surface area (Å²) in [4.78, 5) is 13.2. The van der Waals surface area contributed by atoms with Crippen LogP contribution in [0.5, 0.6) is 0 Å². The van der Waals surface area contributed by atoms with E-state index in [1.54, 1.807) is 18.2 Å². The molecule has 3 atom stereocenters. The lowest BCUT2D eigenvalue weighted by molar-refractivity contribution is 0.0245. The lowest BCUT2D eigenvalue weighted by atomic mass is 9.80. The van der Waals surface area contributed by atoms with Gasteiger partial charge in [-0.25, -0.2) is 0 Å². The molecule has 154 valence electrons. The zero-order valence-corrected chi connectivity index (χ0v) is 17.1. The van der Waals surface area contributed by atoms with Gasteiger partial charge in [0.15, 0.2) is 5.78 Å². The molecular formula is C27H28O3. The molecule has 0 aliphatic rings. The molecule has 0 fully saturated rings. The number of ether oxygens (including phenoxy) is 1. The van der Waals surface area contributed by atoms with E-state index in [-0.39, 0.29) is 11.7 Å². The van der Waals surface area contributed by atoms with E-state index in [0.717, 1.165) is 11.1 Å². The molecule has 0 saturated carbocycles. The molecule has 0 aromatic heterocycles. The number of ketones is 1. The maximum atomic E-state index is 13.2. The Morgan fingerprint density at radius 3 is 2.07 bits per heavy atom. The number of carbonyl (C=O) groups is 1. The Balaban J connectivity index is 1.80. The molecule has 3 aromatic carbocycles. The number of rotatable bonds is 11. The van der Waals surface area contributed by atoms with E-state index in [1.807, 2.05) is 78.9 Å². The molecule has 0 aliphatic heterocycles. The van der Waals surface area contributed by atoms with Crippen molar-refractivity contribution < 1.29 is 14.6 Å². The summed E-state index contributed by atoms with van der Waals surface area (Å²) in [7, 11) is 0. The first-order valence-electron chi connectivity index (χ1n) is 10.3. The fraction of sp³-hybridized carbons (Fsp3) is 0.222. The summed E-state index contributed by atoms with van der Waals surface area (Å²) in [5.74, 6) is -0.991. The average molecular weight is 401 g/mol. The largest absolute Gasteiger partial charge is 0.392 e. The smallest absolute Gasteiger partial charge is 0.168 e. The van der Waals surface area contributed by atoms with Gasteiger partial charge in [-0.15, -0.1) is 6.58 Å². The van der Waals surface area contributed by atoms with Gasteiger partial charge in [-0.05, 0) is 17.5 Å². The van der Waals surface area contributed by atoms with Crippen LogP contribution in [-0.4, -0.2) is 23.6 Å². The minimum atomic E-state index is -0.895. The van der Waals surface area contributed by atoms with Gasteiger partial charge >= 0.3 is 0 Å². The van der Waals surface area contributed by atoms with E-state index in [0.29, 0.717) is 25.2 Å². The third-order valence-electron chi connectivity index (χ3n) is 5.28. The SMILES string of the molecule is C=CC[C@H](C(=O)c1ccccc1)[C@@H](O)C(COCc1ccccc1)c1ccccc1. The standard InChI is InChI=1S/C27H28O3/c1-2-12-24(26(28)23-17-10-5-11-18-23)27(29)25(22-15-8-4-9-16-22)20-30-19-21-13-6-3-7-14-21/h2-11,13-18,24-25,27,29H,1,12,19-20H2/t24-,25?,27-/m1/s1. The first kappa shape index (κ1) is 21.7. The molecule has 0 amide bonds. The Bertz CT molecular complexity index is 907. The van der Waals surface area contributed by atoms with Crippen LogP contribution in [0, 0.1) is 5.92 Å². The van der Waals surface area contributed by atoms with Crippen molar-refractivity contribution in [2.75, 3.05) is 6.61 Å². The van der Waals surface area contributed by atoms with Gasteiger partial charge in [0.05, 0.1) is 25.2 Å². The van der Waals surface area contributed by atoms with Crippen molar-refractivity contribution in [1.29, 1.82) is 0 Å². The minimum absolute atomic E-state index is 0.0769. The molecule has 3 aromatic rings. The first-order valence-corrected chi connectivity index (χ1v) is 10.3. The van der Waals surface area contributed by atoms with Crippen LogP contribution in [-0.2, 0) is 11.3 Å². The quantitative estimate of drug-likeness (QED) is 0.345. The molecule has 0 spiro atoms. The number of aliphatic hydroxyl groups excluding tert-OH is 1. The molecule has 0 heterocycles. The topological polar surface area (TPSA) is 46.5 Å². The Morgan fingerprint density at radius 2 is 1.47 bits per heavy atom. The first-order chi connectivity index (χ1) is 14.7. The van der Waals surface area contributed by atoms with Crippen molar-refractivity contribution in [3.63, 3.8) is 0 Å². The fourth-order valence-electron chi connectivity index (χ4n) is 3.65. The highest BCUT2D eigenvalue weighted by Crippen LogP contribution is 2.29. The van der Waals surface area contributed by atoms with Crippen molar-refractivity contribution in [3.8, 4) is 0 Å². The summed E-state index contributed by atoms with van der Waals surface area (Å²) in [5, 5.41) is 11.3. The molecule has 0 aliphatic carbocycles. The van der Waals surface area contributed by atoms with E-state index in [4.69, 9.17) is 4.74 Å². The van der Waals surface area contributed by atoms with Crippen LogP contribution < -0.4 is 0 Å². The lowest BCUT2D eigenvalue weighted by Gasteiger charge is -2.29. The summed E-state index contributed by atoms with van der Waals surface area (Å²) in [6, 6.07) is 28.8. The molecule has 0 bridgehead atoms. The normalized spacial score (nSPS) is 13.9. The second-order valence-corrected chi connectivity index (χ2v) is 7.37. The molecule has 0 radical (unpaired) electrons. The summed E-state index contributed by atoms with van der Waals surface area (Å²) < 4.78 is 5.97. The van der Waals surface area contributed by atoms with Crippen LogP contribution in [0.3, 0.4) is 0 Å². The Morgan fingerprint density at radius 1 is 0.900 bits per heavy atom. The van der Waals surface area contributed by atoms with Crippen LogP contribution in [0.2, 0.25) is 0 Å². The number of benzene rings is 3. The molecule has 3 nitrogen and oxygen atoms in total. The van der Waals surface area contributed by atoms with Gasteiger partial charge in [-0.3, -0.25) is 4.79 Å². The van der Waals surface area contributed by atoms with Crippen LogP contribution in [0.1, 0.15) is 33.8 Å². The Kier molecular flexibility index (Phi) is 8.13. The highest BCUT2D eigenvalue weighted by atomic mass is 16.5. The third-order valence-corrected chi connectivity index (χ3v) is 5.28. The van der Waals surface area contributed by atoms with Gasteiger partial charge < -0.3 is 9.84 Å². The highest BCUT2D eigenvalue weighted by molar-refractivity contribution is 5.98. The number of hydrogen-bond donors (Lipinski definition) is 1. The molecule has 3 rings (SSSR count). The van der Waals surface area contributed by atoms with Crippen molar-refractivity contribution in [2.45, 2.75) is 25.0 Å². The summed E-state index contributed by atoms with van der Waals surface area (Å²) >= 11 is 0. The van der Waals surface area contributed by atoms with Gasteiger partial charge in [0.25, 0.3) is 0 Å². The average Bonchev–Trinajstić information content (AvgIpc) is 2.81. The molecule has 30 heavy (non-hydrogen) atoms. The second-order valence-electron chi connectivity index (χ2n) is 7.37. The van der Waals surface area contributed by atoms with Gasteiger partial charge in [0.1, 0.15) is 0 Å². The fourth-order valence-corrected chi connectivity index (χ4v) is 3.65. The van der Waals surface area contributed by atoms with E-state index in [9.17, 15) is 9.90 Å². The molecule has 0 saturated heterocycles. The predicted molar refractivity (Wildman–Crippen MR) is 120 cm³/mol. The highest BCUT2D eigenvalue weighted by Gasteiger charge is 2.33. The van der Waals surface area contributed by atoms with Gasteiger partial charge in [0, 0.05) is 11.5 Å². The number of carbonyl (C=O) groups excluding carboxylic acids is 1. The van der Waals surface area contributed by atoms with Crippen LogP contribution in [0.15, 0.2) is 104 Å². The monoisotopic (exact) mass is 400 g/mol. The van der Waals surface area contributed by atoms with Crippen molar-refractivity contribution in [3.05, 3.63) is 120 Å². The Hall–Kier alpha value is -3.01. The summed E-state index contributed by atoms with van der Waals surface area (Å²) in [5.41, 5.74) is 2.62. The Labute approximate surface area is 178 Å². The number of Topliss-reactive ketones (excluding diaryl/α,β-unsaturated/α-hetero) is 1. The van der Waals surface area contributed by atoms with Crippen molar-refractivity contribution in [1.82, 2.24) is 0 Å². The van der Waals surface area contributed by atoms with Crippen LogP contribution in [0.25, 0.3) is 0 Å². The number of allylic oxidation sites excluding steroid dienone is 1. The van der Waals surface area contributed by atoms with Gasteiger partial charge in [-0.1, -0.05) is 97.1 Å². The van der Waals surface area contributed by atoms with Gasteiger partial charge in [0.2, 0.25) is 0 Å². The van der Waals surface area contributed by atoms with Crippen molar-refractivity contribution >= 4 is 5.78 Å². The van der Waals surface area contributed by atoms with E-state index in [2.05, 4.69) is 6.58 Å². The maximum absolute atomic E-state index is 13.2. The van der Waals surface area contributed by atoms with Crippen LogP contribution >= 0.6 is 0 Å². The summed E-state index contributed by atoms with van der Waals surface area (Å²) in [6.45, 7) is 4.57. The molecule has 1 unspecified atom stereocenters. The zero-order valence-electron chi connectivity index (χ0n) is 17.1. The number of hydrogen-bond acceptors (Lipinski definition) is 3. The lowest BCUT2D eigenvalue weighted by Crippen LogP contribution is -2.35. The zero-order chi connectivity index (χ0) is 21.2. The maximum Gasteiger partial charge on any atom is 0.168 e. The molecular weight excluding hydrogens is 372 g/mol.